The van der Waals surface area contributed by atoms with E-state index in [1.54, 1.807) is 0 Å². The van der Waals surface area contributed by atoms with E-state index in [4.69, 9.17) is 18.9 Å². The van der Waals surface area contributed by atoms with Crippen molar-refractivity contribution >= 4 is 0 Å². The van der Waals surface area contributed by atoms with Gasteiger partial charge in [0.25, 0.3) is 0 Å². The third kappa shape index (κ3) is 5.94. The number of rotatable bonds is 12. The quantitative estimate of drug-likeness (QED) is 0.282. The second-order valence-corrected chi connectivity index (χ2v) is 9.19. The monoisotopic (exact) mass is 458 g/mol. The summed E-state index contributed by atoms with van der Waals surface area (Å²) in [5.41, 5.74) is 7.32. The van der Waals surface area contributed by atoms with Gasteiger partial charge in [-0.2, -0.15) is 0 Å². The number of ether oxygens (including phenoxy) is 4. The van der Waals surface area contributed by atoms with Gasteiger partial charge in [-0.3, -0.25) is 0 Å². The van der Waals surface area contributed by atoms with Crippen LogP contribution in [0.5, 0.6) is 0 Å². The Bertz CT molecular complexity index is 948. The van der Waals surface area contributed by atoms with E-state index in [1.165, 1.54) is 33.4 Å². The van der Waals surface area contributed by atoms with Crippen LogP contribution in [0.25, 0.3) is 22.3 Å². The normalized spacial score (nSPS) is 20.6. The minimum atomic E-state index is 0.128. The molecule has 4 heteroatoms. The zero-order valence-electron chi connectivity index (χ0n) is 20.1. The van der Waals surface area contributed by atoms with Gasteiger partial charge in [0.2, 0.25) is 0 Å². The second kappa shape index (κ2) is 10.8. The molecule has 0 aliphatic carbocycles. The van der Waals surface area contributed by atoms with E-state index in [9.17, 15) is 0 Å². The molecule has 4 atom stereocenters. The van der Waals surface area contributed by atoms with E-state index in [2.05, 4.69) is 86.6 Å². The van der Waals surface area contributed by atoms with Crippen LogP contribution >= 0.6 is 0 Å². The van der Waals surface area contributed by atoms with Gasteiger partial charge in [0, 0.05) is 0 Å². The lowest BCUT2D eigenvalue weighted by Gasteiger charge is -2.17. The van der Waals surface area contributed by atoms with Crippen LogP contribution in [0.4, 0.5) is 0 Å². The first kappa shape index (κ1) is 23.3. The average Bonchev–Trinajstić information content (AvgIpc) is 3.82. The molecule has 2 fully saturated rings. The molecule has 2 aliphatic heterocycles. The molecule has 2 aliphatic rings. The Morgan fingerprint density at radius 3 is 1.15 bits per heavy atom. The Morgan fingerprint density at radius 2 is 0.882 bits per heavy atom. The lowest BCUT2D eigenvalue weighted by molar-refractivity contribution is 0.0394. The van der Waals surface area contributed by atoms with Crippen molar-refractivity contribution in [3.8, 4) is 22.3 Å². The summed E-state index contributed by atoms with van der Waals surface area (Å²) in [5.74, 6) is 0. The predicted molar refractivity (Wildman–Crippen MR) is 135 cm³/mol. The maximum absolute atomic E-state index is 6.03. The van der Waals surface area contributed by atoms with Crippen LogP contribution in [0.15, 0.2) is 72.8 Å². The highest BCUT2D eigenvalue weighted by Crippen LogP contribution is 2.30. The summed E-state index contributed by atoms with van der Waals surface area (Å²) in [6, 6.07) is 26.3. The molecule has 2 heterocycles. The van der Waals surface area contributed by atoms with Crippen molar-refractivity contribution in [3.05, 3.63) is 83.9 Å². The highest BCUT2D eigenvalue weighted by Gasteiger charge is 2.25. The Balaban J connectivity index is 1.22. The molecule has 0 spiro atoms. The average molecular weight is 459 g/mol. The predicted octanol–water partition coefficient (Wildman–Crippen LogP) is 6.75. The summed E-state index contributed by atoms with van der Waals surface area (Å²) in [5, 5.41) is 0. The Kier molecular flexibility index (Phi) is 7.41. The minimum absolute atomic E-state index is 0.128. The van der Waals surface area contributed by atoms with Gasteiger partial charge in [0.05, 0.1) is 38.6 Å². The van der Waals surface area contributed by atoms with Crippen molar-refractivity contribution in [2.75, 3.05) is 26.4 Å². The van der Waals surface area contributed by atoms with Crippen LogP contribution in [-0.4, -0.2) is 38.6 Å². The molecular weight excluding hydrogens is 424 g/mol. The second-order valence-electron chi connectivity index (χ2n) is 9.19. The van der Waals surface area contributed by atoms with Gasteiger partial charge in [0.15, 0.2) is 0 Å². The van der Waals surface area contributed by atoms with Crippen molar-refractivity contribution in [1.29, 1.82) is 0 Å². The maximum Gasteiger partial charge on any atom is 0.104 e. The van der Waals surface area contributed by atoms with E-state index in [1.807, 2.05) is 0 Å². The topological polar surface area (TPSA) is 43.5 Å². The molecule has 0 saturated carbocycles. The van der Waals surface area contributed by atoms with Gasteiger partial charge >= 0.3 is 0 Å². The zero-order chi connectivity index (χ0) is 23.3. The van der Waals surface area contributed by atoms with Crippen molar-refractivity contribution in [2.45, 2.75) is 51.1 Å². The molecule has 3 aromatic rings. The van der Waals surface area contributed by atoms with Crippen molar-refractivity contribution < 1.29 is 18.9 Å². The van der Waals surface area contributed by atoms with Crippen LogP contribution < -0.4 is 0 Å². The third-order valence-electron chi connectivity index (χ3n) is 6.63. The maximum atomic E-state index is 6.03. The van der Waals surface area contributed by atoms with Crippen LogP contribution in [0, 0.1) is 0 Å². The fourth-order valence-electron chi connectivity index (χ4n) is 4.31. The Labute approximate surface area is 202 Å². The molecule has 34 heavy (non-hydrogen) atoms. The number of hydrogen-bond acceptors (Lipinski definition) is 4. The first-order valence-electron chi connectivity index (χ1n) is 12.5. The fraction of sp³-hybridized carbons (Fsp3) is 0.400. The molecule has 0 radical (unpaired) electrons. The van der Waals surface area contributed by atoms with Gasteiger partial charge in [-0.05, 0) is 46.2 Å². The number of hydrogen-bond donors (Lipinski definition) is 0. The van der Waals surface area contributed by atoms with E-state index in [0.29, 0.717) is 25.4 Å². The Hall–Kier alpha value is -2.50. The standard InChI is InChI=1S/C30H34O4/c1-3-29(33-19-27-17-31-27)25-13-9-23(10-14-25)21-5-7-22(8-6-21)24-11-15-26(16-12-24)30(4-2)34-20-28-18-32-28/h5-16,27-30H,3-4,17-20H2,1-2H3. The van der Waals surface area contributed by atoms with Gasteiger partial charge in [-0.1, -0.05) is 86.6 Å². The molecular formula is C30H34O4. The van der Waals surface area contributed by atoms with Crippen LogP contribution in [0.2, 0.25) is 0 Å². The van der Waals surface area contributed by atoms with E-state index in [-0.39, 0.29) is 12.2 Å². The first-order valence-corrected chi connectivity index (χ1v) is 12.5. The van der Waals surface area contributed by atoms with Gasteiger partial charge < -0.3 is 18.9 Å². The van der Waals surface area contributed by atoms with E-state index in [0.717, 1.165) is 26.1 Å². The number of epoxide rings is 2. The molecule has 178 valence electrons. The summed E-state index contributed by atoms with van der Waals surface area (Å²) < 4.78 is 22.6. The summed E-state index contributed by atoms with van der Waals surface area (Å²) in [7, 11) is 0. The smallest absolute Gasteiger partial charge is 0.104 e. The van der Waals surface area contributed by atoms with E-state index < -0.39 is 0 Å². The highest BCUT2D eigenvalue weighted by molar-refractivity contribution is 5.70. The molecule has 4 nitrogen and oxygen atoms in total. The molecule has 2 saturated heterocycles. The molecule has 0 bridgehead atoms. The van der Waals surface area contributed by atoms with Crippen molar-refractivity contribution in [3.63, 3.8) is 0 Å². The molecule has 0 amide bonds. The SMILES string of the molecule is CCC(OCC1CO1)c1ccc(-c2ccc(-c3ccc(C(CC)OCC4CO4)cc3)cc2)cc1. The van der Waals surface area contributed by atoms with E-state index >= 15 is 0 Å². The summed E-state index contributed by atoms with van der Waals surface area (Å²) in [6.07, 6.45) is 2.77. The molecule has 4 unspecified atom stereocenters. The largest absolute Gasteiger partial charge is 0.371 e. The lowest BCUT2D eigenvalue weighted by atomic mass is 9.97. The van der Waals surface area contributed by atoms with Crippen LogP contribution in [0.3, 0.4) is 0 Å². The summed E-state index contributed by atoms with van der Waals surface area (Å²) in [4.78, 5) is 0. The third-order valence-corrected chi connectivity index (χ3v) is 6.63. The van der Waals surface area contributed by atoms with Crippen molar-refractivity contribution in [1.82, 2.24) is 0 Å². The molecule has 3 aromatic carbocycles. The summed E-state index contributed by atoms with van der Waals surface area (Å²) >= 11 is 0. The molecule has 5 rings (SSSR count). The Morgan fingerprint density at radius 1 is 0.588 bits per heavy atom. The van der Waals surface area contributed by atoms with Gasteiger partial charge in [-0.25, -0.2) is 0 Å². The highest BCUT2D eigenvalue weighted by atomic mass is 16.6. The molecule has 0 N–H and O–H groups in total. The molecule has 0 aromatic heterocycles. The lowest BCUT2D eigenvalue weighted by Crippen LogP contribution is -2.08. The summed E-state index contributed by atoms with van der Waals surface area (Å²) in [6.45, 7) is 7.36. The van der Waals surface area contributed by atoms with Gasteiger partial charge in [-0.15, -0.1) is 0 Å². The first-order chi connectivity index (χ1) is 16.7. The van der Waals surface area contributed by atoms with Crippen molar-refractivity contribution in [2.24, 2.45) is 0 Å². The zero-order valence-corrected chi connectivity index (χ0v) is 20.1. The van der Waals surface area contributed by atoms with Crippen LogP contribution in [0.1, 0.15) is 50.0 Å². The fourth-order valence-corrected chi connectivity index (χ4v) is 4.31. The van der Waals surface area contributed by atoms with Gasteiger partial charge in [0.1, 0.15) is 12.2 Å². The minimum Gasteiger partial charge on any atom is -0.371 e. The number of benzene rings is 3. The van der Waals surface area contributed by atoms with Crippen LogP contribution in [-0.2, 0) is 18.9 Å².